The van der Waals surface area contributed by atoms with Crippen LogP contribution in [0.3, 0.4) is 0 Å². The van der Waals surface area contributed by atoms with E-state index in [0.29, 0.717) is 31.6 Å². The van der Waals surface area contributed by atoms with Crippen LogP contribution in [0, 0.1) is 0 Å². The second kappa shape index (κ2) is 10.7. The number of nitrogens with zero attached hydrogens (tertiary/aromatic N) is 3. The summed E-state index contributed by atoms with van der Waals surface area (Å²) in [5.41, 5.74) is 5.78. The highest BCUT2D eigenvalue weighted by Gasteiger charge is 2.09. The number of halogens is 1. The van der Waals surface area contributed by atoms with Crippen LogP contribution in [0.1, 0.15) is 5.76 Å². The molecule has 1 heterocycles. The molecule has 0 saturated carbocycles. The zero-order chi connectivity index (χ0) is 14.8. The Morgan fingerprint density at radius 2 is 2.05 bits per heavy atom. The first kappa shape index (κ1) is 19.0. The predicted octanol–water partition coefficient (Wildman–Crippen LogP) is 1.92. The van der Waals surface area contributed by atoms with E-state index < -0.39 is 0 Å². The fourth-order valence-electron chi connectivity index (χ4n) is 1.43. The first-order valence-electron chi connectivity index (χ1n) is 6.24. The third-order valence-corrected chi connectivity index (χ3v) is 2.34. The van der Waals surface area contributed by atoms with Crippen molar-refractivity contribution >= 4 is 28.9 Å². The molecule has 0 aromatic carbocycles. The molecule has 0 aliphatic carbocycles. The Kier molecular flexibility index (Phi) is 9.70. The minimum atomic E-state index is 0. The van der Waals surface area contributed by atoms with E-state index in [1.54, 1.807) is 18.4 Å². The van der Waals surface area contributed by atoms with Crippen molar-refractivity contribution in [2.45, 2.75) is 6.54 Å². The smallest absolute Gasteiger partial charge is 0.201 e. The molecule has 3 N–H and O–H groups in total. The topological polar surface area (TPSA) is 79.1 Å². The number of nitrogens with two attached hydrogens (primary N) is 1. The molecule has 0 spiro atoms. The minimum Gasteiger partial charge on any atom is -0.467 e. The molecule has 0 atom stereocenters. The van der Waals surface area contributed by atoms with Crippen LogP contribution in [0.15, 0.2) is 58.1 Å². The summed E-state index contributed by atoms with van der Waals surface area (Å²) in [6.45, 7) is 8.75. The lowest BCUT2D eigenvalue weighted by atomic mass is 10.4. The summed E-state index contributed by atoms with van der Waals surface area (Å²) in [5, 5.41) is 2.97. The lowest BCUT2D eigenvalue weighted by molar-refractivity contribution is 0.404. The summed E-state index contributed by atoms with van der Waals surface area (Å²) >= 11 is 0. The maximum Gasteiger partial charge on any atom is 0.201 e. The number of aliphatic imine (C=N–C) groups is 2. The number of hydrogen-bond donors (Lipinski definition) is 2. The quantitative estimate of drug-likeness (QED) is 0.464. The van der Waals surface area contributed by atoms with Crippen molar-refractivity contribution in [3.05, 3.63) is 49.5 Å². The lowest BCUT2D eigenvalue weighted by Gasteiger charge is -2.21. The normalized spacial score (nSPS) is 11.5. The Hall–Kier alpha value is -2.02. The number of hydrogen-bond acceptors (Lipinski definition) is 3. The molecule has 0 amide bonds. The van der Waals surface area contributed by atoms with Gasteiger partial charge in [0.05, 0.1) is 25.9 Å². The van der Waals surface area contributed by atoms with E-state index in [4.69, 9.17) is 10.2 Å². The first-order valence-corrected chi connectivity index (χ1v) is 6.24. The van der Waals surface area contributed by atoms with Crippen LogP contribution < -0.4 is 11.1 Å². The Morgan fingerprint density at radius 3 is 2.62 bits per heavy atom. The van der Waals surface area contributed by atoms with Gasteiger partial charge in [-0.15, -0.1) is 30.1 Å². The summed E-state index contributed by atoms with van der Waals surface area (Å²) in [6, 6.07) is 3.74. The highest BCUT2D eigenvalue weighted by Crippen LogP contribution is 2.03. The summed E-state index contributed by atoms with van der Waals surface area (Å²) < 4.78 is 5.31. The van der Waals surface area contributed by atoms with Crippen molar-refractivity contribution in [3.63, 3.8) is 0 Å². The van der Waals surface area contributed by atoms with Crippen LogP contribution in [-0.4, -0.2) is 37.0 Å². The van der Waals surface area contributed by atoms with Crippen molar-refractivity contribution in [3.8, 4) is 0 Å². The molecule has 0 unspecified atom stereocenters. The van der Waals surface area contributed by atoms with Gasteiger partial charge in [-0.25, -0.2) is 9.98 Å². The Bertz CT molecular complexity index is 482. The second-order valence-corrected chi connectivity index (χ2v) is 4.03. The largest absolute Gasteiger partial charge is 0.467 e. The van der Waals surface area contributed by atoms with Crippen molar-refractivity contribution in [1.82, 2.24) is 10.2 Å². The molecule has 0 radical (unpaired) electrons. The Balaban J connectivity index is 0.00000400. The van der Waals surface area contributed by atoms with Gasteiger partial charge >= 0.3 is 0 Å². The fourth-order valence-corrected chi connectivity index (χ4v) is 1.43. The maximum atomic E-state index is 5.78. The van der Waals surface area contributed by atoms with Crippen molar-refractivity contribution in [2.75, 3.05) is 20.1 Å². The minimum absolute atomic E-state index is 0. The predicted molar refractivity (Wildman–Crippen MR) is 92.8 cm³/mol. The van der Waals surface area contributed by atoms with E-state index in [1.165, 1.54) is 0 Å². The average Bonchev–Trinajstić information content (AvgIpc) is 2.93. The molecule has 6 nitrogen and oxygen atoms in total. The van der Waals surface area contributed by atoms with Gasteiger partial charge in [0.1, 0.15) is 5.76 Å². The highest BCUT2D eigenvalue weighted by atomic mass is 79.9. The average molecular weight is 356 g/mol. The second-order valence-electron chi connectivity index (χ2n) is 4.03. The fraction of sp³-hybridized carbons (Fsp3) is 0.286. The Labute approximate surface area is 135 Å². The number of furan rings is 1. The summed E-state index contributed by atoms with van der Waals surface area (Å²) in [6.07, 6.45) is 5.01. The van der Waals surface area contributed by atoms with Crippen LogP contribution in [0.5, 0.6) is 0 Å². The molecule has 116 valence electrons. The van der Waals surface area contributed by atoms with Gasteiger partial charge in [0.15, 0.2) is 5.96 Å². The van der Waals surface area contributed by atoms with Gasteiger partial charge in [-0.2, -0.15) is 0 Å². The van der Waals surface area contributed by atoms with Gasteiger partial charge < -0.3 is 15.1 Å². The third kappa shape index (κ3) is 7.36. The van der Waals surface area contributed by atoms with Gasteiger partial charge in [-0.3, -0.25) is 5.32 Å². The van der Waals surface area contributed by atoms with E-state index in [9.17, 15) is 0 Å². The molecule has 0 saturated heterocycles. The van der Waals surface area contributed by atoms with Crippen molar-refractivity contribution in [1.29, 1.82) is 0 Å². The summed E-state index contributed by atoms with van der Waals surface area (Å²) in [7, 11) is 1.89. The third-order valence-electron chi connectivity index (χ3n) is 2.34. The Morgan fingerprint density at radius 1 is 1.38 bits per heavy atom. The molecule has 0 fully saturated rings. The van der Waals surface area contributed by atoms with Gasteiger partial charge in [0.2, 0.25) is 5.96 Å². The number of rotatable bonds is 6. The zero-order valence-corrected chi connectivity index (χ0v) is 13.9. The summed E-state index contributed by atoms with van der Waals surface area (Å²) in [5.74, 6) is 1.73. The standard InChI is InChI=1S/C14H21N5O.BrH/c1-4-8-16-13(15)18-14(17-9-5-2)19(3)11-12-7-6-10-20-12;/h4-7,10H,1-2,8-9,11H2,3H3,(H3,15,16,17,18);1H. The maximum absolute atomic E-state index is 5.78. The van der Waals surface area contributed by atoms with Crippen molar-refractivity contribution < 1.29 is 4.42 Å². The van der Waals surface area contributed by atoms with Crippen molar-refractivity contribution in [2.24, 2.45) is 15.7 Å². The molecule has 7 heteroatoms. The zero-order valence-electron chi connectivity index (χ0n) is 12.2. The molecule has 0 bridgehead atoms. The van der Waals surface area contributed by atoms with Gasteiger partial charge in [0.25, 0.3) is 0 Å². The molecule has 0 aliphatic heterocycles. The lowest BCUT2D eigenvalue weighted by Crippen LogP contribution is -2.45. The van der Waals surface area contributed by atoms with E-state index in [-0.39, 0.29) is 17.0 Å². The molecule has 1 aromatic rings. The van der Waals surface area contributed by atoms with Gasteiger partial charge in [0, 0.05) is 7.05 Å². The van der Waals surface area contributed by atoms with E-state index in [0.717, 1.165) is 5.76 Å². The van der Waals surface area contributed by atoms with Crippen LogP contribution in [0.4, 0.5) is 0 Å². The number of nitrogens with one attached hydrogen (secondary N) is 1. The van der Waals surface area contributed by atoms with Gasteiger partial charge in [-0.1, -0.05) is 12.2 Å². The molecule has 21 heavy (non-hydrogen) atoms. The van der Waals surface area contributed by atoms with Gasteiger partial charge in [-0.05, 0) is 12.1 Å². The van der Waals surface area contributed by atoms with Crippen LogP contribution in [0.2, 0.25) is 0 Å². The highest BCUT2D eigenvalue weighted by molar-refractivity contribution is 8.93. The van der Waals surface area contributed by atoms with Crippen LogP contribution in [0.25, 0.3) is 0 Å². The molecule has 0 aliphatic rings. The van der Waals surface area contributed by atoms with Crippen LogP contribution >= 0.6 is 17.0 Å². The summed E-state index contributed by atoms with van der Waals surface area (Å²) in [4.78, 5) is 10.3. The molecule has 1 rings (SSSR count). The molecular weight excluding hydrogens is 334 g/mol. The van der Waals surface area contributed by atoms with E-state index in [1.807, 2.05) is 24.1 Å². The number of guanidine groups is 2. The monoisotopic (exact) mass is 355 g/mol. The van der Waals surface area contributed by atoms with Crippen LogP contribution in [-0.2, 0) is 6.54 Å². The van der Waals surface area contributed by atoms with E-state index >= 15 is 0 Å². The molecule has 1 aromatic heterocycles. The SMILES string of the molecule is Br.C=CCN=C(N)NC(=NCC=C)N(C)Cc1ccco1. The molecular formula is C14H22BrN5O. The first-order chi connectivity index (χ1) is 9.67. The van der Waals surface area contributed by atoms with E-state index in [2.05, 4.69) is 28.5 Å².